The van der Waals surface area contributed by atoms with Crippen LogP contribution in [0.4, 0.5) is 0 Å². The minimum absolute atomic E-state index is 0.155. The van der Waals surface area contributed by atoms with E-state index in [0.717, 1.165) is 31.7 Å². The van der Waals surface area contributed by atoms with E-state index in [-0.39, 0.29) is 12.0 Å². The highest BCUT2D eigenvalue weighted by molar-refractivity contribution is 6.35. The molecule has 7 nitrogen and oxygen atoms in total. The number of nitrogens with zero attached hydrogens (tertiary/aromatic N) is 3. The number of ether oxygens (including phenoxy) is 3. The summed E-state index contributed by atoms with van der Waals surface area (Å²) in [7, 11) is 0. The molecule has 0 radical (unpaired) electrons. The second-order valence-electron chi connectivity index (χ2n) is 9.32. The standard InChI is InChI=1S/C27H29Cl2N3O4/c1-19(33)32-11-8-21(9-12-32)20-2-5-23(6-3-20)34-15-24-16-35-27(36-24,17-31-13-10-30-18-31)25-7-4-22(28)14-26(25)29/h2-7,10,13-14,18,21,24H,8-9,11-12,15-17H2,1H3/t24-,27-/m1/s1. The number of carbonyl (C=O) groups is 1. The Kier molecular flexibility index (Phi) is 7.53. The normalized spacial score (nSPS) is 22.6. The summed E-state index contributed by atoms with van der Waals surface area (Å²) in [6.07, 6.45) is 6.97. The molecule has 5 rings (SSSR count). The van der Waals surface area contributed by atoms with Crippen LogP contribution in [0.25, 0.3) is 0 Å². The van der Waals surface area contributed by atoms with E-state index in [1.54, 1.807) is 31.6 Å². The maximum Gasteiger partial charge on any atom is 0.219 e. The van der Waals surface area contributed by atoms with Crippen LogP contribution in [0.15, 0.2) is 61.2 Å². The van der Waals surface area contributed by atoms with E-state index in [9.17, 15) is 4.79 Å². The molecule has 0 aliphatic carbocycles. The molecular formula is C27H29Cl2N3O4. The first-order valence-corrected chi connectivity index (χ1v) is 12.9. The second kappa shape index (κ2) is 10.8. The highest BCUT2D eigenvalue weighted by atomic mass is 35.5. The number of imidazole rings is 1. The fraction of sp³-hybridized carbons (Fsp3) is 0.407. The number of piperidine rings is 1. The molecule has 2 saturated heterocycles. The van der Waals surface area contributed by atoms with Gasteiger partial charge in [-0.15, -0.1) is 0 Å². The lowest BCUT2D eigenvalue weighted by Gasteiger charge is -2.31. The molecule has 0 unspecified atom stereocenters. The van der Waals surface area contributed by atoms with Crippen molar-refractivity contribution in [1.29, 1.82) is 0 Å². The van der Waals surface area contributed by atoms with Crippen LogP contribution in [0.3, 0.4) is 0 Å². The molecule has 2 aromatic carbocycles. The van der Waals surface area contributed by atoms with Crippen LogP contribution < -0.4 is 4.74 Å². The molecule has 9 heteroatoms. The zero-order chi connectivity index (χ0) is 25.1. The summed E-state index contributed by atoms with van der Waals surface area (Å²) in [5.41, 5.74) is 1.99. The Labute approximate surface area is 220 Å². The molecule has 2 fully saturated rings. The van der Waals surface area contributed by atoms with Gasteiger partial charge in [0.05, 0.1) is 24.5 Å². The van der Waals surface area contributed by atoms with Crippen molar-refractivity contribution in [2.45, 2.75) is 44.1 Å². The summed E-state index contributed by atoms with van der Waals surface area (Å²) >= 11 is 12.7. The minimum Gasteiger partial charge on any atom is -0.491 e. The quantitative estimate of drug-likeness (QED) is 0.417. The van der Waals surface area contributed by atoms with Crippen LogP contribution in [0, 0.1) is 0 Å². The molecule has 0 spiro atoms. The van der Waals surface area contributed by atoms with Gasteiger partial charge in [0.15, 0.2) is 0 Å². The Balaban J connectivity index is 1.22. The van der Waals surface area contributed by atoms with Gasteiger partial charge in [0.1, 0.15) is 18.5 Å². The molecule has 0 saturated carbocycles. The van der Waals surface area contributed by atoms with E-state index in [0.29, 0.717) is 41.3 Å². The van der Waals surface area contributed by atoms with Gasteiger partial charge >= 0.3 is 0 Å². The first-order valence-electron chi connectivity index (χ1n) is 12.1. The van der Waals surface area contributed by atoms with Crippen molar-refractivity contribution in [2.24, 2.45) is 0 Å². The average Bonchev–Trinajstić information content (AvgIpc) is 3.54. The van der Waals surface area contributed by atoms with Crippen molar-refractivity contribution < 1.29 is 19.0 Å². The highest BCUT2D eigenvalue weighted by Gasteiger charge is 2.45. The first kappa shape index (κ1) is 25.1. The lowest BCUT2D eigenvalue weighted by atomic mass is 9.89. The molecule has 36 heavy (non-hydrogen) atoms. The van der Waals surface area contributed by atoms with E-state index in [1.165, 1.54) is 5.56 Å². The van der Waals surface area contributed by atoms with E-state index in [2.05, 4.69) is 17.1 Å². The number of hydrogen-bond acceptors (Lipinski definition) is 5. The molecule has 2 aliphatic rings. The van der Waals surface area contributed by atoms with E-state index in [4.69, 9.17) is 37.4 Å². The van der Waals surface area contributed by atoms with E-state index in [1.807, 2.05) is 33.9 Å². The maximum absolute atomic E-state index is 11.6. The molecule has 3 aromatic rings. The predicted octanol–water partition coefficient (Wildman–Crippen LogP) is 5.26. The summed E-state index contributed by atoms with van der Waals surface area (Å²) in [6.45, 7) is 4.36. The Morgan fingerprint density at radius 3 is 2.61 bits per heavy atom. The van der Waals surface area contributed by atoms with Gasteiger partial charge in [-0.2, -0.15) is 0 Å². The molecular weight excluding hydrogens is 501 g/mol. The van der Waals surface area contributed by atoms with Gasteiger partial charge in [0.25, 0.3) is 0 Å². The summed E-state index contributed by atoms with van der Waals surface area (Å²) < 4.78 is 20.6. The second-order valence-corrected chi connectivity index (χ2v) is 10.2. The summed E-state index contributed by atoms with van der Waals surface area (Å²) in [5, 5.41) is 1.03. The Morgan fingerprint density at radius 2 is 1.94 bits per heavy atom. The SMILES string of the molecule is CC(=O)N1CCC(c2ccc(OC[C@@H]3CO[C@@](Cn4ccnc4)(c4ccc(Cl)cc4Cl)O3)cc2)CC1. The van der Waals surface area contributed by atoms with Gasteiger partial charge in [-0.3, -0.25) is 4.79 Å². The van der Waals surface area contributed by atoms with Crippen LogP contribution in [0.2, 0.25) is 10.0 Å². The number of hydrogen-bond donors (Lipinski definition) is 0. The fourth-order valence-electron chi connectivity index (χ4n) is 4.93. The number of halogens is 2. The van der Waals surface area contributed by atoms with Crippen molar-refractivity contribution in [3.63, 3.8) is 0 Å². The van der Waals surface area contributed by atoms with Gasteiger partial charge in [0.2, 0.25) is 11.7 Å². The van der Waals surface area contributed by atoms with Crippen molar-refractivity contribution in [3.05, 3.63) is 82.4 Å². The summed E-state index contributed by atoms with van der Waals surface area (Å²) in [6, 6.07) is 13.5. The van der Waals surface area contributed by atoms with Crippen LogP contribution in [-0.4, -0.2) is 52.8 Å². The zero-order valence-electron chi connectivity index (χ0n) is 20.1. The Morgan fingerprint density at radius 1 is 1.17 bits per heavy atom. The van der Waals surface area contributed by atoms with Crippen molar-refractivity contribution >= 4 is 29.1 Å². The van der Waals surface area contributed by atoms with Crippen LogP contribution in [0.1, 0.15) is 36.8 Å². The van der Waals surface area contributed by atoms with Gasteiger partial charge in [-0.25, -0.2) is 4.98 Å². The zero-order valence-corrected chi connectivity index (χ0v) is 21.6. The van der Waals surface area contributed by atoms with Crippen LogP contribution >= 0.6 is 23.2 Å². The highest BCUT2D eigenvalue weighted by Crippen LogP contribution is 2.40. The smallest absolute Gasteiger partial charge is 0.219 e. The van der Waals surface area contributed by atoms with E-state index >= 15 is 0 Å². The minimum atomic E-state index is -1.07. The number of carbonyl (C=O) groups excluding carboxylic acids is 1. The Bertz CT molecular complexity index is 1180. The topological polar surface area (TPSA) is 65.8 Å². The molecule has 2 aliphatic heterocycles. The van der Waals surface area contributed by atoms with Gasteiger partial charge < -0.3 is 23.7 Å². The number of likely N-dealkylation sites (tertiary alicyclic amines) is 1. The third-order valence-electron chi connectivity index (χ3n) is 6.88. The first-order chi connectivity index (χ1) is 17.4. The lowest BCUT2D eigenvalue weighted by Crippen LogP contribution is -2.36. The third-order valence-corrected chi connectivity index (χ3v) is 7.43. The number of amides is 1. The van der Waals surface area contributed by atoms with Crippen molar-refractivity contribution in [1.82, 2.24) is 14.5 Å². The largest absolute Gasteiger partial charge is 0.491 e. The third kappa shape index (κ3) is 5.54. The monoisotopic (exact) mass is 529 g/mol. The number of rotatable bonds is 7. The van der Waals surface area contributed by atoms with Gasteiger partial charge in [-0.05, 0) is 48.6 Å². The predicted molar refractivity (Wildman–Crippen MR) is 137 cm³/mol. The molecule has 1 aromatic heterocycles. The van der Waals surface area contributed by atoms with Crippen LogP contribution in [-0.2, 0) is 26.6 Å². The molecule has 3 heterocycles. The molecule has 0 N–H and O–H groups in total. The molecule has 1 amide bonds. The number of aromatic nitrogens is 2. The summed E-state index contributed by atoms with van der Waals surface area (Å²) in [4.78, 5) is 17.6. The number of benzene rings is 2. The van der Waals surface area contributed by atoms with E-state index < -0.39 is 5.79 Å². The average molecular weight is 530 g/mol. The van der Waals surface area contributed by atoms with Crippen molar-refractivity contribution in [3.8, 4) is 5.75 Å². The summed E-state index contributed by atoms with van der Waals surface area (Å²) in [5.74, 6) is 0.326. The van der Waals surface area contributed by atoms with Crippen molar-refractivity contribution in [2.75, 3.05) is 26.3 Å². The van der Waals surface area contributed by atoms with Gasteiger partial charge in [-0.1, -0.05) is 41.4 Å². The molecule has 2 atom stereocenters. The van der Waals surface area contributed by atoms with Gasteiger partial charge in [0, 0.05) is 43.0 Å². The molecule has 190 valence electrons. The molecule has 0 bridgehead atoms. The maximum atomic E-state index is 11.6. The fourth-order valence-corrected chi connectivity index (χ4v) is 5.48. The lowest BCUT2D eigenvalue weighted by molar-refractivity contribution is -0.189. The Hall–Kier alpha value is -2.58. The van der Waals surface area contributed by atoms with Crippen LogP contribution in [0.5, 0.6) is 5.75 Å².